The summed E-state index contributed by atoms with van der Waals surface area (Å²) in [5.74, 6) is -0.931. The lowest BCUT2D eigenvalue weighted by Crippen LogP contribution is -2.32. The number of hydrogen-bond donors (Lipinski definition) is 2. The molecule has 0 bridgehead atoms. The summed E-state index contributed by atoms with van der Waals surface area (Å²) in [4.78, 5) is 44.8. The van der Waals surface area contributed by atoms with Crippen LogP contribution in [0.1, 0.15) is 12.8 Å². The fourth-order valence-corrected chi connectivity index (χ4v) is 1.57. The number of rotatable bonds is 0. The third-order valence-corrected chi connectivity index (χ3v) is 2.83. The van der Waals surface area contributed by atoms with Gasteiger partial charge in [-0.3, -0.25) is 29.0 Å². The molecule has 0 radical (unpaired) electrons. The molecule has 0 spiro atoms. The summed E-state index contributed by atoms with van der Waals surface area (Å²) in [5, 5.41) is 0. The Morgan fingerprint density at radius 3 is 1.17 bits per heavy atom. The number of carbonyl (C=O) groups excluding carboxylic acids is 4. The molecule has 8 nitrogen and oxygen atoms in total. The van der Waals surface area contributed by atoms with E-state index in [1.54, 1.807) is 0 Å². The van der Waals surface area contributed by atoms with Gasteiger partial charge in [0.25, 0.3) is 0 Å². The van der Waals surface area contributed by atoms with Crippen molar-refractivity contribution in [1.82, 2.24) is 9.80 Å². The Bertz CT molecular complexity index is 371. The number of nitrogens with zero attached hydrogens (tertiary/aromatic N) is 2. The first-order valence-corrected chi connectivity index (χ1v) is 5.37. The van der Waals surface area contributed by atoms with Gasteiger partial charge in [0, 0.05) is 14.1 Å². The van der Waals surface area contributed by atoms with Crippen LogP contribution in [0.2, 0.25) is 0 Å². The highest BCUT2D eigenvalue weighted by molar-refractivity contribution is 6.05. The van der Waals surface area contributed by atoms with Crippen LogP contribution in [0, 0.1) is 0 Å². The van der Waals surface area contributed by atoms with E-state index in [9.17, 15) is 19.2 Å². The maximum absolute atomic E-state index is 10.7. The normalized spacial score (nSPS) is 27.8. The third-order valence-electron chi connectivity index (χ3n) is 2.83. The van der Waals surface area contributed by atoms with Gasteiger partial charge >= 0.3 is 0 Å². The predicted molar refractivity (Wildman–Crippen MR) is 60.7 cm³/mol. The number of imide groups is 2. The average Bonchev–Trinajstić information content (AvgIpc) is 2.66. The lowest BCUT2D eigenvalue weighted by atomic mass is 10.3. The standard InChI is InChI=1S/2C5H8N2O2/c2*1-7-4(8)2-3(6)5(7)9/h2*3H,2,6H2,1H3/t2*3-/m10/s1. The van der Waals surface area contributed by atoms with Gasteiger partial charge in [-0.15, -0.1) is 0 Å². The molecule has 2 atom stereocenters. The van der Waals surface area contributed by atoms with E-state index in [1.807, 2.05) is 0 Å². The molecular weight excluding hydrogens is 240 g/mol. The van der Waals surface area contributed by atoms with Crippen molar-refractivity contribution in [3.8, 4) is 0 Å². The highest BCUT2D eigenvalue weighted by Gasteiger charge is 2.33. The van der Waals surface area contributed by atoms with E-state index < -0.39 is 12.1 Å². The minimum absolute atomic E-state index is 0.162. The summed E-state index contributed by atoms with van der Waals surface area (Å²) in [6.07, 6.45) is 0.324. The van der Waals surface area contributed by atoms with Crippen molar-refractivity contribution in [3.05, 3.63) is 0 Å². The number of likely N-dealkylation sites (N-methyl/N-ethyl adjacent to an activating group) is 2. The summed E-state index contributed by atoms with van der Waals surface area (Å²) >= 11 is 0. The van der Waals surface area contributed by atoms with Crippen LogP contribution in [0.25, 0.3) is 0 Å². The molecule has 2 rings (SSSR count). The Morgan fingerprint density at radius 1 is 0.833 bits per heavy atom. The van der Waals surface area contributed by atoms with E-state index in [4.69, 9.17) is 11.5 Å². The second-order valence-corrected chi connectivity index (χ2v) is 4.20. The van der Waals surface area contributed by atoms with Crippen LogP contribution < -0.4 is 11.5 Å². The largest absolute Gasteiger partial charge is 0.319 e. The molecule has 18 heavy (non-hydrogen) atoms. The summed E-state index contributed by atoms with van der Waals surface area (Å²) in [6.45, 7) is 0. The maximum Gasteiger partial charge on any atom is 0.246 e. The smallest absolute Gasteiger partial charge is 0.246 e. The zero-order valence-electron chi connectivity index (χ0n) is 10.3. The maximum atomic E-state index is 10.7. The Labute approximate surface area is 104 Å². The van der Waals surface area contributed by atoms with Crippen molar-refractivity contribution in [2.75, 3.05) is 14.1 Å². The van der Waals surface area contributed by atoms with Crippen molar-refractivity contribution in [2.24, 2.45) is 11.5 Å². The summed E-state index contributed by atoms with van der Waals surface area (Å²) in [5.41, 5.74) is 10.5. The van der Waals surface area contributed by atoms with Crippen LogP contribution in [0.4, 0.5) is 0 Å². The predicted octanol–water partition coefficient (Wildman–Crippen LogP) is -2.60. The minimum atomic E-state index is -0.595. The monoisotopic (exact) mass is 256 g/mol. The molecule has 2 aliphatic heterocycles. The van der Waals surface area contributed by atoms with E-state index in [1.165, 1.54) is 14.1 Å². The molecule has 0 unspecified atom stereocenters. The summed E-state index contributed by atoms with van der Waals surface area (Å²) < 4.78 is 0. The number of hydrogen-bond acceptors (Lipinski definition) is 6. The van der Waals surface area contributed by atoms with E-state index >= 15 is 0 Å². The van der Waals surface area contributed by atoms with Crippen molar-refractivity contribution in [2.45, 2.75) is 24.9 Å². The molecule has 2 aliphatic rings. The first-order chi connectivity index (χ1) is 8.25. The molecular formula is C10H16N4O4. The van der Waals surface area contributed by atoms with Crippen LogP contribution >= 0.6 is 0 Å². The molecule has 8 heteroatoms. The van der Waals surface area contributed by atoms with Crippen LogP contribution in [-0.2, 0) is 19.2 Å². The van der Waals surface area contributed by atoms with Crippen LogP contribution in [0.15, 0.2) is 0 Å². The minimum Gasteiger partial charge on any atom is -0.319 e. The van der Waals surface area contributed by atoms with Gasteiger partial charge < -0.3 is 11.5 Å². The van der Waals surface area contributed by atoms with Gasteiger partial charge in [-0.1, -0.05) is 0 Å². The lowest BCUT2D eigenvalue weighted by Gasteiger charge is -2.03. The van der Waals surface area contributed by atoms with Crippen LogP contribution in [-0.4, -0.2) is 59.6 Å². The summed E-state index contributed by atoms with van der Waals surface area (Å²) in [6, 6.07) is -1.19. The number of likely N-dealkylation sites (tertiary alicyclic amines) is 2. The fraction of sp³-hybridized carbons (Fsp3) is 0.600. The van der Waals surface area contributed by atoms with E-state index in [0.717, 1.165) is 9.80 Å². The van der Waals surface area contributed by atoms with Gasteiger partial charge in [0.05, 0.1) is 24.9 Å². The fourth-order valence-electron chi connectivity index (χ4n) is 1.57. The Kier molecular flexibility index (Phi) is 4.15. The second kappa shape index (κ2) is 5.23. The molecule has 2 heterocycles. The molecule has 4 amide bonds. The van der Waals surface area contributed by atoms with E-state index in [-0.39, 0.29) is 36.5 Å². The van der Waals surface area contributed by atoms with Crippen molar-refractivity contribution < 1.29 is 19.2 Å². The number of amides is 4. The summed E-state index contributed by atoms with van der Waals surface area (Å²) in [7, 11) is 2.88. The lowest BCUT2D eigenvalue weighted by molar-refractivity contribution is -0.138. The first-order valence-electron chi connectivity index (χ1n) is 5.37. The van der Waals surface area contributed by atoms with Crippen molar-refractivity contribution >= 4 is 23.6 Å². The highest BCUT2D eigenvalue weighted by atomic mass is 16.2. The second-order valence-electron chi connectivity index (χ2n) is 4.20. The van der Waals surface area contributed by atoms with E-state index in [2.05, 4.69) is 0 Å². The van der Waals surface area contributed by atoms with Crippen LogP contribution in [0.5, 0.6) is 0 Å². The van der Waals surface area contributed by atoms with Crippen molar-refractivity contribution in [1.29, 1.82) is 0 Å². The highest BCUT2D eigenvalue weighted by Crippen LogP contribution is 2.07. The number of carbonyl (C=O) groups is 4. The average molecular weight is 256 g/mol. The van der Waals surface area contributed by atoms with Crippen LogP contribution in [0.3, 0.4) is 0 Å². The van der Waals surface area contributed by atoms with E-state index in [0.29, 0.717) is 0 Å². The zero-order valence-corrected chi connectivity index (χ0v) is 10.3. The van der Waals surface area contributed by atoms with Gasteiger partial charge in [0.15, 0.2) is 0 Å². The molecule has 2 saturated heterocycles. The Hall–Kier alpha value is -1.80. The van der Waals surface area contributed by atoms with Gasteiger partial charge in [0.1, 0.15) is 0 Å². The molecule has 4 N–H and O–H groups in total. The van der Waals surface area contributed by atoms with Gasteiger partial charge in [-0.05, 0) is 0 Å². The Balaban J connectivity index is 0.000000180. The molecule has 0 aromatic heterocycles. The van der Waals surface area contributed by atoms with Crippen molar-refractivity contribution in [3.63, 3.8) is 0 Å². The number of nitrogens with two attached hydrogens (primary N) is 2. The van der Waals surface area contributed by atoms with Gasteiger partial charge in [0.2, 0.25) is 23.6 Å². The van der Waals surface area contributed by atoms with Gasteiger partial charge in [-0.25, -0.2) is 0 Å². The molecule has 100 valence electrons. The Morgan fingerprint density at radius 2 is 1.11 bits per heavy atom. The first kappa shape index (κ1) is 14.3. The molecule has 0 aromatic rings. The topological polar surface area (TPSA) is 127 Å². The molecule has 0 saturated carbocycles. The molecule has 0 aromatic carbocycles. The molecule has 2 fully saturated rings. The SMILES string of the molecule is CN1C(=O)C[C@@H](N)C1=O.CN1C(=O)C[C@H](N)C1=O. The quantitative estimate of drug-likeness (QED) is 0.458. The molecule has 0 aliphatic carbocycles. The van der Waals surface area contributed by atoms with Gasteiger partial charge in [-0.2, -0.15) is 0 Å². The zero-order chi connectivity index (χ0) is 14.0. The third kappa shape index (κ3) is 2.71.